The number of aromatic nitrogens is 1. The molecule has 0 spiro atoms. The van der Waals surface area contributed by atoms with Gasteiger partial charge in [-0.2, -0.15) is 4.98 Å². The largest absolute Gasteiger partial charge is 0.466 e. The van der Waals surface area contributed by atoms with Gasteiger partial charge in [0.05, 0.1) is 0 Å². The third-order valence-electron chi connectivity index (χ3n) is 1.02. The molecular formula is C7H6ClNO2S. The van der Waals surface area contributed by atoms with E-state index in [1.54, 1.807) is 6.08 Å². The Balaban J connectivity index is 2.74. The van der Waals surface area contributed by atoms with E-state index in [1.165, 1.54) is 0 Å². The van der Waals surface area contributed by atoms with Crippen LogP contribution in [0.2, 0.25) is 5.15 Å². The van der Waals surface area contributed by atoms with Crippen LogP contribution in [0.25, 0.3) is 0 Å². The molecule has 5 heteroatoms. The van der Waals surface area contributed by atoms with Crippen LogP contribution < -0.4 is 4.74 Å². The predicted molar refractivity (Wildman–Crippen MR) is 48.2 cm³/mol. The van der Waals surface area contributed by atoms with E-state index in [9.17, 15) is 4.79 Å². The van der Waals surface area contributed by atoms with Crippen molar-refractivity contribution >= 4 is 29.2 Å². The molecule has 0 bridgehead atoms. The molecular weight excluding hydrogens is 198 g/mol. The summed E-state index contributed by atoms with van der Waals surface area (Å²) in [6, 6.07) is 0. The van der Waals surface area contributed by atoms with Crippen molar-refractivity contribution in [1.29, 1.82) is 0 Å². The van der Waals surface area contributed by atoms with E-state index in [0.717, 1.165) is 11.3 Å². The average molecular weight is 204 g/mol. The molecule has 0 unspecified atom stereocenters. The minimum absolute atomic E-state index is 0.189. The SMILES string of the molecule is C=CCOc1nc(Cl)c(C=O)s1. The minimum Gasteiger partial charge on any atom is -0.466 e. The summed E-state index contributed by atoms with van der Waals surface area (Å²) in [6.07, 6.45) is 2.25. The molecule has 0 aromatic carbocycles. The van der Waals surface area contributed by atoms with E-state index in [1.807, 2.05) is 0 Å². The Morgan fingerprint density at radius 2 is 2.50 bits per heavy atom. The summed E-state index contributed by atoms with van der Waals surface area (Å²) < 4.78 is 5.06. The topological polar surface area (TPSA) is 39.2 Å². The fourth-order valence-electron chi connectivity index (χ4n) is 0.559. The molecule has 1 aromatic rings. The summed E-state index contributed by atoms with van der Waals surface area (Å²) in [7, 11) is 0. The van der Waals surface area contributed by atoms with Gasteiger partial charge in [0.2, 0.25) is 0 Å². The Labute approximate surface area is 78.6 Å². The number of carbonyl (C=O) groups is 1. The molecule has 0 aliphatic heterocycles. The summed E-state index contributed by atoms with van der Waals surface area (Å²) >= 11 is 6.70. The minimum atomic E-state index is 0.189. The van der Waals surface area contributed by atoms with Crippen LogP contribution in [0, 0.1) is 0 Å². The first kappa shape index (κ1) is 9.22. The van der Waals surface area contributed by atoms with Crippen LogP contribution in [0.5, 0.6) is 5.19 Å². The highest BCUT2D eigenvalue weighted by Crippen LogP contribution is 2.26. The Bertz CT molecular complexity index is 298. The third-order valence-corrected chi connectivity index (χ3v) is 2.32. The summed E-state index contributed by atoms with van der Waals surface area (Å²) in [6.45, 7) is 3.84. The van der Waals surface area contributed by atoms with Crippen molar-refractivity contribution in [2.75, 3.05) is 6.61 Å². The summed E-state index contributed by atoms with van der Waals surface area (Å²) in [5, 5.41) is 0.580. The van der Waals surface area contributed by atoms with Crippen molar-refractivity contribution in [3.05, 3.63) is 22.7 Å². The molecule has 0 saturated carbocycles. The highest BCUT2D eigenvalue weighted by molar-refractivity contribution is 7.15. The fourth-order valence-corrected chi connectivity index (χ4v) is 1.48. The van der Waals surface area contributed by atoms with Gasteiger partial charge in [-0.25, -0.2) is 0 Å². The Kier molecular flexibility index (Phi) is 3.25. The molecule has 0 N–H and O–H groups in total. The van der Waals surface area contributed by atoms with Crippen molar-refractivity contribution in [3.63, 3.8) is 0 Å². The molecule has 0 amide bonds. The molecule has 0 atom stereocenters. The van der Waals surface area contributed by atoms with E-state index >= 15 is 0 Å². The van der Waals surface area contributed by atoms with E-state index in [0.29, 0.717) is 23.0 Å². The van der Waals surface area contributed by atoms with Gasteiger partial charge in [-0.05, 0) is 0 Å². The highest BCUT2D eigenvalue weighted by atomic mass is 35.5. The fraction of sp³-hybridized carbons (Fsp3) is 0.143. The molecule has 0 aliphatic carbocycles. The lowest BCUT2D eigenvalue weighted by atomic mass is 10.6. The monoisotopic (exact) mass is 203 g/mol. The number of halogens is 1. The van der Waals surface area contributed by atoms with Crippen LogP contribution in [-0.4, -0.2) is 17.9 Å². The van der Waals surface area contributed by atoms with Crippen molar-refractivity contribution in [2.45, 2.75) is 0 Å². The Morgan fingerprint density at radius 3 is 3.00 bits per heavy atom. The summed E-state index contributed by atoms with van der Waals surface area (Å²) in [5.41, 5.74) is 0. The van der Waals surface area contributed by atoms with Crippen LogP contribution in [0.1, 0.15) is 9.67 Å². The maximum absolute atomic E-state index is 10.3. The predicted octanol–water partition coefficient (Wildman–Crippen LogP) is 2.17. The van der Waals surface area contributed by atoms with Gasteiger partial charge >= 0.3 is 0 Å². The molecule has 0 fully saturated rings. The third kappa shape index (κ3) is 2.06. The number of hydrogen-bond acceptors (Lipinski definition) is 4. The van der Waals surface area contributed by atoms with Gasteiger partial charge in [0.25, 0.3) is 5.19 Å². The number of rotatable bonds is 4. The Hall–Kier alpha value is -0.870. The summed E-state index contributed by atoms with van der Waals surface area (Å²) in [5.74, 6) is 0. The molecule has 1 rings (SSSR count). The maximum atomic E-state index is 10.3. The smallest absolute Gasteiger partial charge is 0.275 e. The van der Waals surface area contributed by atoms with Crippen LogP contribution >= 0.6 is 22.9 Å². The van der Waals surface area contributed by atoms with Gasteiger partial charge in [-0.1, -0.05) is 35.6 Å². The van der Waals surface area contributed by atoms with Crippen LogP contribution in [-0.2, 0) is 0 Å². The first-order valence-corrected chi connectivity index (χ1v) is 4.32. The average Bonchev–Trinajstić information content (AvgIpc) is 2.43. The van der Waals surface area contributed by atoms with Gasteiger partial charge in [0.1, 0.15) is 11.5 Å². The standard InChI is InChI=1S/C7H6ClNO2S/c1-2-3-11-7-9-6(8)5(4-10)12-7/h2,4H,1,3H2. The number of nitrogens with zero attached hydrogens (tertiary/aromatic N) is 1. The van der Waals surface area contributed by atoms with Crippen molar-refractivity contribution < 1.29 is 9.53 Å². The molecule has 0 aliphatic rings. The molecule has 0 radical (unpaired) electrons. The zero-order valence-corrected chi connectivity index (χ0v) is 7.69. The second-order valence-electron chi connectivity index (χ2n) is 1.85. The van der Waals surface area contributed by atoms with Gasteiger partial charge in [-0.3, -0.25) is 4.79 Å². The lowest BCUT2D eigenvalue weighted by Gasteiger charge is -1.93. The number of ether oxygens (including phenoxy) is 1. The number of thiazole rings is 1. The highest BCUT2D eigenvalue weighted by Gasteiger charge is 2.07. The van der Waals surface area contributed by atoms with E-state index < -0.39 is 0 Å². The first-order valence-electron chi connectivity index (χ1n) is 3.13. The van der Waals surface area contributed by atoms with Gasteiger partial charge in [0.15, 0.2) is 11.4 Å². The van der Waals surface area contributed by atoms with Gasteiger partial charge in [0, 0.05) is 0 Å². The summed E-state index contributed by atoms with van der Waals surface area (Å²) in [4.78, 5) is 14.5. The first-order chi connectivity index (χ1) is 5.77. The number of carbonyl (C=O) groups excluding carboxylic acids is 1. The van der Waals surface area contributed by atoms with E-state index in [4.69, 9.17) is 16.3 Å². The van der Waals surface area contributed by atoms with Crippen molar-refractivity contribution in [1.82, 2.24) is 4.98 Å². The molecule has 64 valence electrons. The lowest BCUT2D eigenvalue weighted by Crippen LogP contribution is -1.90. The van der Waals surface area contributed by atoms with Crippen LogP contribution in [0.15, 0.2) is 12.7 Å². The zero-order valence-electron chi connectivity index (χ0n) is 6.12. The van der Waals surface area contributed by atoms with Crippen molar-refractivity contribution in [3.8, 4) is 5.19 Å². The second-order valence-corrected chi connectivity index (χ2v) is 3.20. The Morgan fingerprint density at radius 1 is 1.75 bits per heavy atom. The van der Waals surface area contributed by atoms with Crippen LogP contribution in [0.3, 0.4) is 0 Å². The van der Waals surface area contributed by atoms with Gasteiger partial charge in [-0.15, -0.1) is 0 Å². The zero-order chi connectivity index (χ0) is 8.97. The quantitative estimate of drug-likeness (QED) is 0.556. The normalized spacial score (nSPS) is 9.42. The van der Waals surface area contributed by atoms with Crippen LogP contribution in [0.4, 0.5) is 0 Å². The molecule has 1 aromatic heterocycles. The van der Waals surface area contributed by atoms with E-state index in [2.05, 4.69) is 11.6 Å². The second kappa shape index (κ2) is 4.23. The van der Waals surface area contributed by atoms with Gasteiger partial charge < -0.3 is 4.74 Å². The molecule has 12 heavy (non-hydrogen) atoms. The number of hydrogen-bond donors (Lipinski definition) is 0. The molecule has 1 heterocycles. The van der Waals surface area contributed by atoms with E-state index in [-0.39, 0.29) is 5.15 Å². The lowest BCUT2D eigenvalue weighted by molar-refractivity contribution is 0.112. The molecule has 3 nitrogen and oxygen atoms in total. The number of aldehydes is 1. The maximum Gasteiger partial charge on any atom is 0.275 e. The van der Waals surface area contributed by atoms with Crippen molar-refractivity contribution in [2.24, 2.45) is 0 Å². The molecule has 0 saturated heterocycles.